The summed E-state index contributed by atoms with van der Waals surface area (Å²) in [5.74, 6) is -6.17. The lowest BCUT2D eigenvalue weighted by Crippen LogP contribution is -2.56. The van der Waals surface area contributed by atoms with Gasteiger partial charge in [-0.25, -0.2) is 35.1 Å². The molecule has 2 N–H and O–H groups in total. The Labute approximate surface area is 205 Å². The van der Waals surface area contributed by atoms with Crippen LogP contribution >= 0.6 is 0 Å². The van der Waals surface area contributed by atoms with Crippen molar-refractivity contribution in [2.75, 3.05) is 13.2 Å². The number of hydrogen-bond donors (Lipinski definition) is 2. The molecule has 0 amide bonds. The maximum atomic E-state index is 15.6. The predicted octanol–water partition coefficient (Wildman–Crippen LogP) is 3.19. The van der Waals surface area contributed by atoms with E-state index in [9.17, 15) is 22.3 Å². The first-order chi connectivity index (χ1) is 17.0. The van der Waals surface area contributed by atoms with E-state index in [0.29, 0.717) is 25.9 Å². The van der Waals surface area contributed by atoms with Gasteiger partial charge in [0.1, 0.15) is 29.7 Å². The molecule has 6 nitrogen and oxygen atoms in total. The zero-order valence-electron chi connectivity index (χ0n) is 19.0. The van der Waals surface area contributed by atoms with Crippen molar-refractivity contribution in [1.82, 2.24) is 9.62 Å². The van der Waals surface area contributed by atoms with E-state index in [4.69, 9.17) is 4.74 Å². The number of likely N-dealkylation sites (tertiary alicyclic amines) is 1. The molecule has 2 aromatic carbocycles. The third-order valence-corrected chi connectivity index (χ3v) is 8.98. The number of sulfonamides is 1. The third-order valence-electron chi connectivity index (χ3n) is 7.05. The SMILES string of the molecule is O=S(=O)(N[C@@H]1[C@H](Cc2cccc(-c3cc(F)ccc3F)c2F)N(C(O)C2CCO2)CC1(F)F)C1CC1. The summed E-state index contributed by atoms with van der Waals surface area (Å²) in [4.78, 5) is 1.04. The van der Waals surface area contributed by atoms with E-state index < -0.39 is 76.0 Å². The first kappa shape index (κ1) is 25.5. The van der Waals surface area contributed by atoms with Crippen LogP contribution in [0.2, 0.25) is 0 Å². The van der Waals surface area contributed by atoms with Crippen molar-refractivity contribution in [1.29, 1.82) is 0 Å². The van der Waals surface area contributed by atoms with Crippen molar-refractivity contribution < 1.29 is 40.2 Å². The van der Waals surface area contributed by atoms with Crippen LogP contribution in [0.3, 0.4) is 0 Å². The Bertz CT molecular complexity index is 1250. The van der Waals surface area contributed by atoms with Crippen molar-refractivity contribution in [2.24, 2.45) is 0 Å². The normalized spacial score (nSPS) is 27.1. The number of aliphatic hydroxyl groups excluding tert-OH is 1. The average Bonchev–Trinajstić information content (AvgIpc) is 3.59. The predicted molar refractivity (Wildman–Crippen MR) is 120 cm³/mol. The topological polar surface area (TPSA) is 78.9 Å². The highest BCUT2D eigenvalue weighted by Gasteiger charge is 2.59. The summed E-state index contributed by atoms with van der Waals surface area (Å²) in [7, 11) is -4.05. The molecule has 12 heteroatoms. The molecule has 0 aromatic heterocycles. The fraction of sp³-hybridized carbons (Fsp3) is 0.500. The maximum Gasteiger partial charge on any atom is 0.278 e. The van der Waals surface area contributed by atoms with Crippen LogP contribution in [0.1, 0.15) is 24.8 Å². The number of nitrogens with one attached hydrogen (secondary N) is 1. The number of nitrogens with zero attached hydrogens (tertiary/aromatic N) is 1. The third kappa shape index (κ3) is 4.76. The van der Waals surface area contributed by atoms with E-state index in [1.54, 1.807) is 0 Å². The Morgan fingerprint density at radius 3 is 2.47 bits per heavy atom. The molecule has 0 spiro atoms. The first-order valence-corrected chi connectivity index (χ1v) is 13.2. The molecular formula is C24H25F5N2O4S. The van der Waals surface area contributed by atoms with Crippen molar-refractivity contribution in [3.63, 3.8) is 0 Å². The highest BCUT2D eigenvalue weighted by Crippen LogP contribution is 2.40. The van der Waals surface area contributed by atoms with Crippen LogP contribution in [0.5, 0.6) is 0 Å². The van der Waals surface area contributed by atoms with E-state index in [0.717, 1.165) is 23.1 Å². The van der Waals surface area contributed by atoms with Crippen LogP contribution in [0.25, 0.3) is 11.1 Å². The van der Waals surface area contributed by atoms with Crippen LogP contribution in [0.15, 0.2) is 36.4 Å². The van der Waals surface area contributed by atoms with E-state index in [1.807, 2.05) is 0 Å². The second-order valence-corrected chi connectivity index (χ2v) is 11.6. The highest BCUT2D eigenvalue weighted by atomic mass is 32.2. The summed E-state index contributed by atoms with van der Waals surface area (Å²) in [6, 6.07) is 3.22. The van der Waals surface area contributed by atoms with Gasteiger partial charge in [0.05, 0.1) is 17.9 Å². The fourth-order valence-electron chi connectivity index (χ4n) is 4.85. The first-order valence-electron chi connectivity index (χ1n) is 11.6. The minimum Gasteiger partial charge on any atom is -0.376 e. The number of halogens is 5. The molecule has 1 aliphatic carbocycles. The minimum atomic E-state index is -4.05. The van der Waals surface area contributed by atoms with Gasteiger partial charge in [0.2, 0.25) is 10.0 Å². The van der Waals surface area contributed by atoms with Gasteiger partial charge in [0.15, 0.2) is 0 Å². The van der Waals surface area contributed by atoms with E-state index in [-0.39, 0.29) is 16.7 Å². The number of alkyl halides is 2. The van der Waals surface area contributed by atoms with Gasteiger partial charge < -0.3 is 9.84 Å². The van der Waals surface area contributed by atoms with Gasteiger partial charge in [-0.3, -0.25) is 4.90 Å². The van der Waals surface area contributed by atoms with Crippen LogP contribution in [0.4, 0.5) is 22.0 Å². The van der Waals surface area contributed by atoms with Gasteiger partial charge in [0.25, 0.3) is 5.92 Å². The summed E-state index contributed by atoms with van der Waals surface area (Å²) in [6.45, 7) is -0.610. The number of aliphatic hydroxyl groups is 1. The highest BCUT2D eigenvalue weighted by molar-refractivity contribution is 7.90. The number of hydrogen-bond acceptors (Lipinski definition) is 5. The molecule has 196 valence electrons. The van der Waals surface area contributed by atoms with Crippen LogP contribution in [-0.4, -0.2) is 67.2 Å². The Balaban J connectivity index is 1.51. The van der Waals surface area contributed by atoms with E-state index in [1.165, 1.54) is 18.2 Å². The van der Waals surface area contributed by atoms with E-state index in [2.05, 4.69) is 4.72 Å². The summed E-state index contributed by atoms with van der Waals surface area (Å²) >= 11 is 0. The molecule has 2 saturated heterocycles. The molecule has 3 aliphatic rings. The molecule has 1 saturated carbocycles. The molecule has 2 aliphatic heterocycles. The summed E-state index contributed by atoms with van der Waals surface area (Å²) < 4.78 is 107. The molecule has 36 heavy (non-hydrogen) atoms. The zero-order valence-corrected chi connectivity index (χ0v) is 19.8. The van der Waals surface area contributed by atoms with Crippen molar-refractivity contribution in [3.05, 3.63) is 59.4 Å². The van der Waals surface area contributed by atoms with Gasteiger partial charge >= 0.3 is 0 Å². The molecular weight excluding hydrogens is 507 g/mol. The van der Waals surface area contributed by atoms with Crippen LogP contribution in [-0.2, 0) is 21.2 Å². The Hall–Kier alpha value is -2.12. The Kier molecular flexibility index (Phi) is 6.61. The lowest BCUT2D eigenvalue weighted by Gasteiger charge is -2.39. The second-order valence-electron chi connectivity index (χ2n) is 9.56. The quantitative estimate of drug-likeness (QED) is 0.511. The maximum absolute atomic E-state index is 15.6. The number of rotatable bonds is 8. The van der Waals surface area contributed by atoms with Gasteiger partial charge in [-0.2, -0.15) is 0 Å². The monoisotopic (exact) mass is 532 g/mol. The zero-order chi connectivity index (χ0) is 25.8. The average molecular weight is 533 g/mol. The molecule has 5 rings (SSSR count). The fourth-order valence-corrected chi connectivity index (χ4v) is 6.48. The second kappa shape index (κ2) is 9.32. The van der Waals surface area contributed by atoms with E-state index >= 15 is 13.2 Å². The standard InChI is InChI=1S/C24H25F5N2O4S/c25-14-4-7-18(26)17(11-14)16-3-1-2-13(21(16)27)10-19-22(30-36(33,34)15-5-6-15)24(28,29)12-31(19)23(32)20-8-9-35-20/h1-4,7,11,15,19-20,22-23,30,32H,5-6,8-10,12H2/t19-,20?,22+,23?/m0/s1. The smallest absolute Gasteiger partial charge is 0.278 e. The summed E-state index contributed by atoms with van der Waals surface area (Å²) in [6.07, 6.45) is -1.48. The molecule has 4 atom stereocenters. The lowest BCUT2D eigenvalue weighted by molar-refractivity contribution is -0.174. The summed E-state index contributed by atoms with van der Waals surface area (Å²) in [5, 5.41) is 10.00. The van der Waals surface area contributed by atoms with Crippen molar-refractivity contribution >= 4 is 10.0 Å². The number of benzene rings is 2. The van der Waals surface area contributed by atoms with Crippen LogP contribution < -0.4 is 4.72 Å². The Morgan fingerprint density at radius 1 is 1.11 bits per heavy atom. The number of ether oxygens (including phenoxy) is 1. The molecule has 2 unspecified atom stereocenters. The molecule has 2 heterocycles. The van der Waals surface area contributed by atoms with Crippen molar-refractivity contribution in [2.45, 2.75) is 61.3 Å². The molecule has 0 bridgehead atoms. The molecule has 0 radical (unpaired) electrons. The van der Waals surface area contributed by atoms with Gasteiger partial charge in [-0.1, -0.05) is 18.2 Å². The van der Waals surface area contributed by atoms with Crippen LogP contribution in [0, 0.1) is 17.5 Å². The largest absolute Gasteiger partial charge is 0.376 e. The molecule has 2 aromatic rings. The van der Waals surface area contributed by atoms with Gasteiger partial charge in [0, 0.05) is 30.2 Å². The van der Waals surface area contributed by atoms with Gasteiger partial charge in [-0.05, 0) is 43.0 Å². The Morgan fingerprint density at radius 2 is 1.83 bits per heavy atom. The van der Waals surface area contributed by atoms with Gasteiger partial charge in [-0.15, -0.1) is 0 Å². The summed E-state index contributed by atoms with van der Waals surface area (Å²) in [5.41, 5.74) is -0.711. The minimum absolute atomic E-state index is 0.110. The van der Waals surface area contributed by atoms with Crippen molar-refractivity contribution in [3.8, 4) is 11.1 Å². The molecule has 3 fully saturated rings. The lowest BCUT2D eigenvalue weighted by atomic mass is 9.94.